The fraction of sp³-hybridized carbons (Fsp3) is 0.154. The Bertz CT molecular complexity index is 607. The van der Waals surface area contributed by atoms with Crippen molar-refractivity contribution in [2.45, 2.75) is 4.90 Å². The molecule has 0 bridgehead atoms. The number of halogens is 1. The summed E-state index contributed by atoms with van der Waals surface area (Å²) < 4.78 is 2.88. The summed E-state index contributed by atoms with van der Waals surface area (Å²) in [5.41, 5.74) is 2.53. The summed E-state index contributed by atoms with van der Waals surface area (Å²) in [4.78, 5) is 5.49. The van der Waals surface area contributed by atoms with E-state index in [1.807, 2.05) is 36.7 Å². The van der Waals surface area contributed by atoms with Crippen molar-refractivity contribution in [1.82, 2.24) is 9.11 Å². The maximum Gasteiger partial charge on any atom is 0.0984 e. The van der Waals surface area contributed by atoms with E-state index >= 15 is 0 Å². The Hall–Kier alpha value is -0.730. The highest BCUT2D eigenvalue weighted by Gasteiger charge is 2.00. The van der Waals surface area contributed by atoms with E-state index in [9.17, 15) is 0 Å². The first-order chi connectivity index (χ1) is 10.2. The molecule has 2 rings (SSSR count). The van der Waals surface area contributed by atoms with Crippen molar-refractivity contribution in [2.24, 2.45) is 10.2 Å². The Kier molecular flexibility index (Phi) is 9.53. The molecule has 0 radical (unpaired) electrons. The Morgan fingerprint density at radius 3 is 2.81 bits per heavy atom. The lowest BCUT2D eigenvalue weighted by Crippen LogP contribution is -1.84. The first-order valence-electron chi connectivity index (χ1n) is 5.72. The number of hydrogen-bond acceptors (Lipinski definition) is 7. The van der Waals surface area contributed by atoms with Crippen LogP contribution in [0.15, 0.2) is 45.6 Å². The summed E-state index contributed by atoms with van der Waals surface area (Å²) in [5, 5.41) is 8.64. The lowest BCUT2D eigenvalue weighted by Gasteiger charge is -2.02. The smallest absolute Gasteiger partial charge is 0.0984 e. The van der Waals surface area contributed by atoms with Crippen LogP contribution >= 0.6 is 47.3 Å². The second-order valence-corrected chi connectivity index (χ2v) is 6.25. The summed E-state index contributed by atoms with van der Waals surface area (Å²) in [6.45, 7) is 3.16. The molecular weight excluding hydrogens is 344 g/mol. The molecule has 1 N–H and O–H groups in total. The molecule has 0 fully saturated rings. The van der Waals surface area contributed by atoms with Crippen LogP contribution in [0.5, 0.6) is 0 Å². The highest BCUT2D eigenvalue weighted by atomic mass is 35.5. The van der Waals surface area contributed by atoms with Gasteiger partial charge in [-0.25, -0.2) is 4.13 Å². The van der Waals surface area contributed by atoms with Gasteiger partial charge in [0.25, 0.3) is 0 Å². The van der Waals surface area contributed by atoms with Crippen molar-refractivity contribution < 1.29 is 0 Å². The summed E-state index contributed by atoms with van der Waals surface area (Å²) in [7, 11) is 0. The van der Waals surface area contributed by atoms with Crippen molar-refractivity contribution in [1.29, 1.82) is 0 Å². The summed E-state index contributed by atoms with van der Waals surface area (Å²) in [6, 6.07) is 7.80. The maximum atomic E-state index is 5.87. The molecule has 2 aromatic rings. The number of aromatic nitrogens is 1. The number of pyridine rings is 1. The van der Waals surface area contributed by atoms with Crippen LogP contribution in [-0.4, -0.2) is 29.8 Å². The minimum atomic E-state index is 0.734. The van der Waals surface area contributed by atoms with Gasteiger partial charge in [-0.05, 0) is 42.7 Å². The van der Waals surface area contributed by atoms with E-state index in [1.54, 1.807) is 17.3 Å². The number of hydrogen-bond donors (Lipinski definition) is 1. The fourth-order valence-electron chi connectivity index (χ4n) is 1.40. The highest BCUT2D eigenvalue weighted by molar-refractivity contribution is 8.19. The van der Waals surface area contributed by atoms with E-state index in [-0.39, 0.29) is 0 Å². The minimum absolute atomic E-state index is 0.734. The van der Waals surface area contributed by atoms with Gasteiger partial charge in [0, 0.05) is 28.2 Å². The molecule has 1 aromatic heterocycles. The average Bonchev–Trinajstić information content (AvgIpc) is 2.51. The molecule has 112 valence electrons. The molecule has 0 saturated carbocycles. The van der Waals surface area contributed by atoms with Crippen LogP contribution in [0, 0.1) is 0 Å². The third-order valence-electron chi connectivity index (χ3n) is 2.20. The first-order valence-corrected chi connectivity index (χ1v) is 9.43. The lowest BCUT2D eigenvalue weighted by atomic mass is 10.2. The van der Waals surface area contributed by atoms with Crippen molar-refractivity contribution in [3.8, 4) is 0 Å². The molecule has 0 aliphatic heterocycles. The number of rotatable bonds is 5. The molecular formula is C13H15ClN4S3. The van der Waals surface area contributed by atoms with E-state index in [4.69, 9.17) is 11.6 Å². The monoisotopic (exact) mass is 358 g/mol. The Morgan fingerprint density at radius 1 is 1.33 bits per heavy atom. The molecule has 8 heteroatoms. The van der Waals surface area contributed by atoms with Crippen LogP contribution in [0.1, 0.15) is 0 Å². The number of fused-ring (bicyclic) bond motifs is 1. The van der Waals surface area contributed by atoms with Gasteiger partial charge in [0.15, 0.2) is 0 Å². The second-order valence-electron chi connectivity index (χ2n) is 3.44. The van der Waals surface area contributed by atoms with E-state index in [0.29, 0.717) is 0 Å². The number of nitrogens with one attached hydrogen (secondary N) is 1. The molecule has 0 spiro atoms. The van der Waals surface area contributed by atoms with Crippen molar-refractivity contribution >= 4 is 70.4 Å². The van der Waals surface area contributed by atoms with Crippen LogP contribution in [0.2, 0.25) is 5.02 Å². The number of nitrogens with zero attached hydrogens (tertiary/aromatic N) is 3. The highest BCUT2D eigenvalue weighted by Crippen LogP contribution is 2.26. The Labute approximate surface area is 142 Å². The molecule has 4 nitrogen and oxygen atoms in total. The normalized spacial score (nSPS) is 10.4. The minimum Gasteiger partial charge on any atom is -0.256 e. The van der Waals surface area contributed by atoms with Gasteiger partial charge in [-0.2, -0.15) is 10.2 Å². The van der Waals surface area contributed by atoms with E-state index in [1.165, 1.54) is 34.2 Å². The van der Waals surface area contributed by atoms with Crippen LogP contribution in [0.25, 0.3) is 10.9 Å². The lowest BCUT2D eigenvalue weighted by molar-refractivity contribution is 1.29. The standard InChI is InChI=1S/C10H8ClNS.C3H7N3S2/c1-13-10-4-5-12-9-6-7(11)2-3-8(9)10;1-4-5-3-8-6-7-2/h2-6H,1H3;3,6H,1H2,2H3/b;5-3-. The van der Waals surface area contributed by atoms with Crippen molar-refractivity contribution in [3.05, 3.63) is 35.5 Å². The molecule has 0 amide bonds. The molecule has 0 saturated heterocycles. The van der Waals surface area contributed by atoms with Crippen molar-refractivity contribution in [2.75, 3.05) is 12.5 Å². The largest absolute Gasteiger partial charge is 0.256 e. The zero-order chi connectivity index (χ0) is 15.5. The SMILES string of the molecule is C=N/N=C\SNSC.CSc1ccnc2cc(Cl)ccc12. The molecule has 1 aromatic carbocycles. The van der Waals surface area contributed by atoms with E-state index in [0.717, 1.165) is 10.5 Å². The van der Waals surface area contributed by atoms with Crippen LogP contribution in [0.3, 0.4) is 0 Å². The molecule has 0 atom stereocenters. The van der Waals surface area contributed by atoms with Crippen molar-refractivity contribution in [3.63, 3.8) is 0 Å². The summed E-state index contributed by atoms with van der Waals surface area (Å²) in [5.74, 6) is 0. The van der Waals surface area contributed by atoms with E-state index in [2.05, 4.69) is 32.3 Å². The topological polar surface area (TPSA) is 49.6 Å². The molecule has 21 heavy (non-hydrogen) atoms. The molecule has 0 aliphatic carbocycles. The van der Waals surface area contributed by atoms with E-state index < -0.39 is 0 Å². The third kappa shape index (κ3) is 6.71. The summed E-state index contributed by atoms with van der Waals surface area (Å²) in [6.07, 6.45) is 5.80. The van der Waals surface area contributed by atoms with Gasteiger partial charge in [0.2, 0.25) is 0 Å². The average molecular weight is 359 g/mol. The first kappa shape index (κ1) is 18.3. The number of benzene rings is 1. The van der Waals surface area contributed by atoms with Gasteiger partial charge in [-0.15, -0.1) is 11.8 Å². The van der Waals surface area contributed by atoms with Gasteiger partial charge >= 0.3 is 0 Å². The van der Waals surface area contributed by atoms with Gasteiger partial charge in [-0.1, -0.05) is 29.6 Å². The van der Waals surface area contributed by atoms with Crippen LogP contribution in [0.4, 0.5) is 0 Å². The maximum absolute atomic E-state index is 5.87. The molecule has 0 unspecified atom stereocenters. The predicted molar refractivity (Wildman–Crippen MR) is 101 cm³/mol. The summed E-state index contributed by atoms with van der Waals surface area (Å²) >= 11 is 10.5. The van der Waals surface area contributed by atoms with Gasteiger partial charge in [-0.3, -0.25) is 4.98 Å². The zero-order valence-corrected chi connectivity index (χ0v) is 14.8. The molecule has 1 heterocycles. The predicted octanol–water partition coefficient (Wildman–Crippen LogP) is 4.76. The van der Waals surface area contributed by atoms with Gasteiger partial charge in [0.1, 0.15) is 0 Å². The quantitative estimate of drug-likeness (QED) is 0.208. The second kappa shape index (κ2) is 10.9. The fourth-order valence-corrected chi connectivity index (χ4v) is 2.83. The zero-order valence-electron chi connectivity index (χ0n) is 11.6. The molecule has 0 aliphatic rings. The van der Waals surface area contributed by atoms with Crippen LogP contribution in [-0.2, 0) is 0 Å². The van der Waals surface area contributed by atoms with Gasteiger partial charge < -0.3 is 0 Å². The Balaban J connectivity index is 0.000000240. The number of thioether (sulfide) groups is 1. The third-order valence-corrected chi connectivity index (χ3v) is 4.48. The van der Waals surface area contributed by atoms with Gasteiger partial charge in [0.05, 0.1) is 11.1 Å². The Morgan fingerprint density at radius 2 is 2.14 bits per heavy atom. The van der Waals surface area contributed by atoms with Crippen LogP contribution < -0.4 is 4.13 Å².